The Labute approximate surface area is 103 Å². The minimum absolute atomic E-state index is 0.505. The lowest BCUT2D eigenvalue weighted by Crippen LogP contribution is -2.17. The molecule has 1 aliphatic carbocycles. The Kier molecular flexibility index (Phi) is 4.02. The fourth-order valence-electron chi connectivity index (χ4n) is 1.86. The Morgan fingerprint density at radius 1 is 1.47 bits per heavy atom. The lowest BCUT2D eigenvalue weighted by molar-refractivity contribution is 0.170. The van der Waals surface area contributed by atoms with Gasteiger partial charge in [-0.3, -0.25) is 0 Å². The number of benzene rings is 1. The zero-order valence-corrected chi connectivity index (χ0v) is 10.6. The molecule has 17 heavy (non-hydrogen) atoms. The fourth-order valence-corrected chi connectivity index (χ4v) is 1.86. The molecule has 1 fully saturated rings. The smallest absolute Gasteiger partial charge is 0.125 e. The summed E-state index contributed by atoms with van der Waals surface area (Å²) in [5, 5.41) is 13.0. The molecule has 0 radical (unpaired) electrons. The fraction of sp³-hybridized carbons (Fsp3) is 0.571. The van der Waals surface area contributed by atoms with Crippen molar-refractivity contribution in [3.05, 3.63) is 29.3 Å². The zero-order valence-electron chi connectivity index (χ0n) is 10.6. The van der Waals surface area contributed by atoms with Crippen LogP contribution < -0.4 is 10.1 Å². The van der Waals surface area contributed by atoms with Crippen molar-refractivity contribution < 1.29 is 9.84 Å². The van der Waals surface area contributed by atoms with Gasteiger partial charge in [-0.2, -0.15) is 0 Å². The van der Waals surface area contributed by atoms with Gasteiger partial charge in [-0.15, -0.1) is 0 Å². The summed E-state index contributed by atoms with van der Waals surface area (Å²) in [4.78, 5) is 0. The van der Waals surface area contributed by atoms with Crippen LogP contribution in [0.3, 0.4) is 0 Å². The summed E-state index contributed by atoms with van der Waals surface area (Å²) in [6.07, 6.45) is 2.05. The third kappa shape index (κ3) is 3.45. The summed E-state index contributed by atoms with van der Waals surface area (Å²) in [6, 6.07) is 5.99. The summed E-state index contributed by atoms with van der Waals surface area (Å²) in [5.41, 5.74) is 2.04. The van der Waals surface area contributed by atoms with Gasteiger partial charge in [0.25, 0.3) is 0 Å². The van der Waals surface area contributed by atoms with Gasteiger partial charge in [0.1, 0.15) is 5.75 Å². The van der Waals surface area contributed by atoms with E-state index in [9.17, 15) is 5.11 Å². The number of aryl methyl sites for hydroxylation is 1. The minimum atomic E-state index is -0.505. The lowest BCUT2D eigenvalue weighted by Gasteiger charge is -2.16. The van der Waals surface area contributed by atoms with Gasteiger partial charge in [0.05, 0.1) is 12.7 Å². The molecule has 0 aliphatic heterocycles. The predicted molar refractivity (Wildman–Crippen MR) is 68.3 cm³/mol. The molecule has 0 aromatic heterocycles. The van der Waals surface area contributed by atoms with E-state index in [1.165, 1.54) is 12.8 Å². The summed E-state index contributed by atoms with van der Waals surface area (Å²) in [6.45, 7) is 3.35. The van der Waals surface area contributed by atoms with Crippen molar-refractivity contribution in [3.8, 4) is 5.75 Å². The van der Waals surface area contributed by atoms with Crippen LogP contribution in [-0.2, 0) is 0 Å². The van der Waals surface area contributed by atoms with Crippen LogP contribution in [0.25, 0.3) is 0 Å². The van der Waals surface area contributed by atoms with Crippen molar-refractivity contribution >= 4 is 0 Å². The van der Waals surface area contributed by atoms with Crippen LogP contribution in [0.2, 0.25) is 0 Å². The van der Waals surface area contributed by atoms with Crippen molar-refractivity contribution in [2.45, 2.75) is 25.9 Å². The Hall–Kier alpha value is -1.06. The second kappa shape index (κ2) is 5.52. The van der Waals surface area contributed by atoms with Crippen molar-refractivity contribution in [1.29, 1.82) is 0 Å². The van der Waals surface area contributed by atoms with Gasteiger partial charge in [0, 0.05) is 12.1 Å². The van der Waals surface area contributed by atoms with Gasteiger partial charge in [-0.25, -0.2) is 0 Å². The molecule has 0 spiro atoms. The maximum Gasteiger partial charge on any atom is 0.125 e. The monoisotopic (exact) mass is 235 g/mol. The van der Waals surface area contributed by atoms with E-state index in [1.807, 2.05) is 32.2 Å². The van der Waals surface area contributed by atoms with Crippen molar-refractivity contribution in [2.24, 2.45) is 5.92 Å². The number of hydrogen-bond donors (Lipinski definition) is 2. The topological polar surface area (TPSA) is 41.5 Å². The first-order valence-electron chi connectivity index (χ1n) is 6.26. The number of aliphatic hydroxyl groups is 1. The van der Waals surface area contributed by atoms with Crippen LogP contribution in [-0.4, -0.2) is 25.3 Å². The molecule has 1 aromatic carbocycles. The molecule has 3 nitrogen and oxygen atoms in total. The molecule has 3 heteroatoms. The predicted octanol–water partition coefficient (Wildman–Crippen LogP) is 2.04. The molecule has 94 valence electrons. The first-order chi connectivity index (χ1) is 8.20. The Morgan fingerprint density at radius 2 is 2.24 bits per heavy atom. The van der Waals surface area contributed by atoms with Crippen LogP contribution in [0.15, 0.2) is 18.2 Å². The van der Waals surface area contributed by atoms with Gasteiger partial charge < -0.3 is 15.2 Å². The number of rotatable bonds is 6. The van der Waals surface area contributed by atoms with Gasteiger partial charge in [-0.05, 0) is 44.9 Å². The highest BCUT2D eigenvalue weighted by atomic mass is 16.5. The molecule has 1 atom stereocenters. The zero-order chi connectivity index (χ0) is 12.3. The first kappa shape index (κ1) is 12.4. The number of nitrogens with one attached hydrogen (secondary N) is 1. The molecular formula is C14H21NO2. The van der Waals surface area contributed by atoms with Gasteiger partial charge in [0.2, 0.25) is 0 Å². The summed E-state index contributed by atoms with van der Waals surface area (Å²) in [5.74, 6) is 1.55. The minimum Gasteiger partial charge on any atom is -0.493 e. The highest BCUT2D eigenvalue weighted by molar-refractivity contribution is 5.38. The lowest BCUT2D eigenvalue weighted by atomic mass is 10.1. The molecule has 1 aliphatic rings. The summed E-state index contributed by atoms with van der Waals surface area (Å²) >= 11 is 0. The van der Waals surface area contributed by atoms with Crippen LogP contribution in [0.4, 0.5) is 0 Å². The van der Waals surface area contributed by atoms with E-state index in [4.69, 9.17) is 4.74 Å². The van der Waals surface area contributed by atoms with Gasteiger partial charge >= 0.3 is 0 Å². The normalized spacial score (nSPS) is 16.9. The Balaban J connectivity index is 2.10. The average molecular weight is 235 g/mol. The van der Waals surface area contributed by atoms with Crippen molar-refractivity contribution in [1.82, 2.24) is 5.32 Å². The SMILES string of the molecule is CNCC(O)c1cc(C)ccc1OCC1CC1. The number of aliphatic hydroxyl groups excluding tert-OH is 1. The Bertz CT molecular complexity index is 374. The summed E-state index contributed by atoms with van der Waals surface area (Å²) < 4.78 is 5.80. The molecule has 0 amide bonds. The molecule has 0 bridgehead atoms. The second-order valence-corrected chi connectivity index (χ2v) is 4.87. The molecule has 1 unspecified atom stereocenters. The van der Waals surface area contributed by atoms with Crippen LogP contribution in [0.5, 0.6) is 5.75 Å². The van der Waals surface area contributed by atoms with Gasteiger partial charge in [0.15, 0.2) is 0 Å². The molecule has 0 saturated heterocycles. The summed E-state index contributed by atoms with van der Waals surface area (Å²) in [7, 11) is 1.84. The highest BCUT2D eigenvalue weighted by Crippen LogP contribution is 2.32. The van der Waals surface area contributed by atoms with Crippen LogP contribution >= 0.6 is 0 Å². The van der Waals surface area contributed by atoms with E-state index in [2.05, 4.69) is 5.32 Å². The highest BCUT2D eigenvalue weighted by Gasteiger charge is 2.23. The number of hydrogen-bond acceptors (Lipinski definition) is 3. The second-order valence-electron chi connectivity index (χ2n) is 4.87. The molecule has 1 saturated carbocycles. The maximum absolute atomic E-state index is 10.1. The Morgan fingerprint density at radius 3 is 2.88 bits per heavy atom. The van der Waals surface area contributed by atoms with E-state index < -0.39 is 6.10 Å². The van der Waals surface area contributed by atoms with Crippen molar-refractivity contribution in [3.63, 3.8) is 0 Å². The maximum atomic E-state index is 10.1. The van der Waals surface area contributed by atoms with E-state index in [1.54, 1.807) is 0 Å². The van der Waals surface area contributed by atoms with Crippen LogP contribution in [0, 0.1) is 12.8 Å². The van der Waals surface area contributed by atoms with E-state index in [-0.39, 0.29) is 0 Å². The molecule has 1 aromatic rings. The third-order valence-corrected chi connectivity index (χ3v) is 3.09. The van der Waals surface area contributed by atoms with E-state index in [0.29, 0.717) is 6.54 Å². The third-order valence-electron chi connectivity index (χ3n) is 3.09. The van der Waals surface area contributed by atoms with Gasteiger partial charge in [-0.1, -0.05) is 11.6 Å². The van der Waals surface area contributed by atoms with Crippen molar-refractivity contribution in [2.75, 3.05) is 20.2 Å². The van der Waals surface area contributed by atoms with Crippen LogP contribution in [0.1, 0.15) is 30.1 Å². The number of ether oxygens (including phenoxy) is 1. The first-order valence-corrected chi connectivity index (χ1v) is 6.26. The molecule has 2 rings (SSSR count). The molecular weight excluding hydrogens is 214 g/mol. The quantitative estimate of drug-likeness (QED) is 0.793. The molecule has 2 N–H and O–H groups in total. The van der Waals surface area contributed by atoms with E-state index in [0.717, 1.165) is 29.4 Å². The standard InChI is InChI=1S/C14H21NO2/c1-10-3-6-14(17-9-11-4-5-11)12(7-10)13(16)8-15-2/h3,6-7,11,13,15-16H,4-5,8-9H2,1-2H3. The molecule has 0 heterocycles. The van der Waals surface area contributed by atoms with E-state index >= 15 is 0 Å². The number of likely N-dealkylation sites (N-methyl/N-ethyl adjacent to an activating group) is 1. The average Bonchev–Trinajstić information content (AvgIpc) is 3.11. The largest absolute Gasteiger partial charge is 0.493 e.